The molecule has 0 saturated carbocycles. The highest BCUT2D eigenvalue weighted by Crippen LogP contribution is 2.24. The smallest absolute Gasteiger partial charge is 0.337 e. The third kappa shape index (κ3) is 3.11. The van der Waals surface area contributed by atoms with Gasteiger partial charge < -0.3 is 10.5 Å². The van der Waals surface area contributed by atoms with E-state index >= 15 is 0 Å². The van der Waals surface area contributed by atoms with Crippen LogP contribution in [0.1, 0.15) is 28.8 Å². The highest BCUT2D eigenvalue weighted by molar-refractivity contribution is 6.31. The molecule has 0 aliphatic carbocycles. The fourth-order valence-corrected chi connectivity index (χ4v) is 2.67. The average molecular weight is 297 g/mol. The van der Waals surface area contributed by atoms with Gasteiger partial charge in [-0.3, -0.25) is 9.69 Å². The maximum atomic E-state index is 11.5. The monoisotopic (exact) mass is 296 g/mol. The van der Waals surface area contributed by atoms with Crippen molar-refractivity contribution in [2.24, 2.45) is 5.73 Å². The van der Waals surface area contributed by atoms with Gasteiger partial charge in [0.1, 0.15) is 0 Å². The van der Waals surface area contributed by atoms with Gasteiger partial charge in [-0.05, 0) is 43.1 Å². The molecular weight excluding hydrogens is 280 g/mol. The maximum absolute atomic E-state index is 11.5. The summed E-state index contributed by atoms with van der Waals surface area (Å²) in [6.45, 7) is 1.30. The number of benzene rings is 1. The molecule has 20 heavy (non-hydrogen) atoms. The number of nitrogens with zero attached hydrogens (tertiary/aromatic N) is 1. The second kappa shape index (κ2) is 6.24. The van der Waals surface area contributed by atoms with E-state index in [2.05, 4.69) is 0 Å². The third-order valence-electron chi connectivity index (χ3n) is 3.53. The van der Waals surface area contributed by atoms with Crippen molar-refractivity contribution in [2.75, 3.05) is 13.7 Å². The molecule has 6 heteroatoms. The zero-order valence-electron chi connectivity index (χ0n) is 11.3. The molecule has 2 rings (SSSR count). The van der Waals surface area contributed by atoms with E-state index in [0.29, 0.717) is 17.1 Å². The van der Waals surface area contributed by atoms with E-state index < -0.39 is 5.97 Å². The number of primary amides is 1. The quantitative estimate of drug-likeness (QED) is 0.856. The fraction of sp³-hybridized carbons (Fsp3) is 0.429. The van der Waals surface area contributed by atoms with Crippen molar-refractivity contribution < 1.29 is 14.3 Å². The number of methoxy groups -OCH3 is 1. The van der Waals surface area contributed by atoms with Gasteiger partial charge in [-0.25, -0.2) is 4.79 Å². The first-order valence-electron chi connectivity index (χ1n) is 6.43. The lowest BCUT2D eigenvalue weighted by Gasteiger charge is -2.22. The number of ether oxygens (including phenoxy) is 1. The molecule has 1 amide bonds. The summed E-state index contributed by atoms with van der Waals surface area (Å²) >= 11 is 6.15. The summed E-state index contributed by atoms with van der Waals surface area (Å²) < 4.78 is 4.69. The zero-order valence-corrected chi connectivity index (χ0v) is 12.0. The number of likely N-dealkylation sites (tertiary alicyclic amines) is 1. The number of carbonyl (C=O) groups excluding carboxylic acids is 2. The van der Waals surface area contributed by atoms with Gasteiger partial charge >= 0.3 is 5.97 Å². The molecule has 1 heterocycles. The second-order valence-corrected chi connectivity index (χ2v) is 5.24. The largest absolute Gasteiger partial charge is 0.465 e. The average Bonchev–Trinajstić information content (AvgIpc) is 2.88. The molecular formula is C14H17ClN2O3. The Morgan fingerprint density at radius 3 is 2.90 bits per heavy atom. The SMILES string of the molecule is COC(=O)c1ccc(Cl)c(CN2CCC[C@@H]2C(N)=O)c1. The Morgan fingerprint density at radius 2 is 2.25 bits per heavy atom. The van der Waals surface area contributed by atoms with Crippen LogP contribution < -0.4 is 5.73 Å². The summed E-state index contributed by atoms with van der Waals surface area (Å²) in [7, 11) is 1.33. The first kappa shape index (κ1) is 14.8. The van der Waals surface area contributed by atoms with E-state index in [1.165, 1.54) is 7.11 Å². The highest BCUT2D eigenvalue weighted by Gasteiger charge is 2.29. The van der Waals surface area contributed by atoms with E-state index in [-0.39, 0.29) is 11.9 Å². The summed E-state index contributed by atoms with van der Waals surface area (Å²) in [4.78, 5) is 24.9. The molecule has 108 valence electrons. The summed E-state index contributed by atoms with van der Waals surface area (Å²) in [5.41, 5.74) is 6.63. The number of hydrogen-bond donors (Lipinski definition) is 1. The van der Waals surface area contributed by atoms with E-state index in [1.54, 1.807) is 18.2 Å². The number of hydrogen-bond acceptors (Lipinski definition) is 4. The molecule has 1 aromatic rings. The van der Waals surface area contributed by atoms with Gasteiger partial charge in [0.2, 0.25) is 5.91 Å². The predicted molar refractivity (Wildman–Crippen MR) is 75.4 cm³/mol. The van der Waals surface area contributed by atoms with E-state index in [0.717, 1.165) is 24.9 Å². The van der Waals surface area contributed by atoms with Crippen LogP contribution in [0.15, 0.2) is 18.2 Å². The van der Waals surface area contributed by atoms with Gasteiger partial charge in [0.05, 0.1) is 18.7 Å². The lowest BCUT2D eigenvalue weighted by Crippen LogP contribution is -2.39. The minimum absolute atomic E-state index is 0.257. The first-order chi connectivity index (χ1) is 9.52. The second-order valence-electron chi connectivity index (χ2n) is 4.83. The summed E-state index contributed by atoms with van der Waals surface area (Å²) in [6.07, 6.45) is 1.70. The van der Waals surface area contributed by atoms with E-state index in [9.17, 15) is 9.59 Å². The molecule has 1 aromatic carbocycles. The number of nitrogens with two attached hydrogens (primary N) is 1. The van der Waals surface area contributed by atoms with Crippen LogP contribution >= 0.6 is 11.6 Å². The molecule has 1 atom stereocenters. The third-order valence-corrected chi connectivity index (χ3v) is 3.90. The Balaban J connectivity index is 2.20. The van der Waals surface area contributed by atoms with Crippen molar-refractivity contribution in [3.8, 4) is 0 Å². The van der Waals surface area contributed by atoms with Crippen molar-refractivity contribution in [2.45, 2.75) is 25.4 Å². The molecule has 0 aromatic heterocycles. The normalized spacial score (nSPS) is 19.0. The number of carbonyl (C=O) groups is 2. The van der Waals surface area contributed by atoms with Gasteiger partial charge in [0.25, 0.3) is 0 Å². The molecule has 5 nitrogen and oxygen atoms in total. The fourth-order valence-electron chi connectivity index (χ4n) is 2.50. The molecule has 1 aliphatic rings. The summed E-state index contributed by atoms with van der Waals surface area (Å²) in [5.74, 6) is -0.724. The Kier molecular flexibility index (Phi) is 4.62. The lowest BCUT2D eigenvalue weighted by atomic mass is 10.1. The minimum Gasteiger partial charge on any atom is -0.465 e. The standard InChI is InChI=1S/C14H17ClN2O3/c1-20-14(19)9-4-5-11(15)10(7-9)8-17-6-2-3-12(17)13(16)18/h4-5,7,12H,2-3,6,8H2,1H3,(H2,16,18)/t12-/m1/s1. The molecule has 0 radical (unpaired) electrons. The van der Waals surface area contributed by atoms with Gasteiger partial charge in [-0.15, -0.1) is 0 Å². The van der Waals surface area contributed by atoms with Crippen molar-refractivity contribution in [1.82, 2.24) is 4.90 Å². The topological polar surface area (TPSA) is 72.6 Å². The lowest BCUT2D eigenvalue weighted by molar-refractivity contribution is -0.122. The minimum atomic E-state index is -0.407. The predicted octanol–water partition coefficient (Wildman–Crippen LogP) is 1.58. The van der Waals surface area contributed by atoms with Crippen LogP contribution in [0.4, 0.5) is 0 Å². The van der Waals surface area contributed by atoms with Crippen LogP contribution in [0, 0.1) is 0 Å². The molecule has 0 spiro atoms. The number of halogens is 1. The van der Waals surface area contributed by atoms with Gasteiger partial charge in [0, 0.05) is 11.6 Å². The Hall–Kier alpha value is -1.59. The zero-order chi connectivity index (χ0) is 14.7. The number of amides is 1. The maximum Gasteiger partial charge on any atom is 0.337 e. The Bertz CT molecular complexity index is 533. The molecule has 2 N–H and O–H groups in total. The molecule has 1 saturated heterocycles. The van der Waals surface area contributed by atoms with Gasteiger partial charge in [0.15, 0.2) is 0 Å². The first-order valence-corrected chi connectivity index (χ1v) is 6.81. The van der Waals surface area contributed by atoms with Crippen LogP contribution in [0.5, 0.6) is 0 Å². The van der Waals surface area contributed by atoms with Crippen molar-refractivity contribution in [3.05, 3.63) is 34.3 Å². The summed E-state index contributed by atoms with van der Waals surface area (Å²) in [6, 6.07) is 4.73. The van der Waals surface area contributed by atoms with Crippen LogP contribution in [0.2, 0.25) is 5.02 Å². The number of esters is 1. The van der Waals surface area contributed by atoms with E-state index in [4.69, 9.17) is 22.1 Å². The molecule has 0 bridgehead atoms. The molecule has 0 unspecified atom stereocenters. The molecule has 1 fully saturated rings. The van der Waals surface area contributed by atoms with Gasteiger partial charge in [-0.2, -0.15) is 0 Å². The summed E-state index contributed by atoms with van der Waals surface area (Å²) in [5, 5.41) is 0.563. The van der Waals surface area contributed by atoms with Gasteiger partial charge in [-0.1, -0.05) is 11.6 Å². The van der Waals surface area contributed by atoms with Crippen LogP contribution in [0.25, 0.3) is 0 Å². The van der Waals surface area contributed by atoms with E-state index in [1.807, 2.05) is 4.90 Å². The van der Waals surface area contributed by atoms with Crippen LogP contribution in [-0.4, -0.2) is 36.5 Å². The molecule has 1 aliphatic heterocycles. The van der Waals surface area contributed by atoms with Crippen molar-refractivity contribution in [1.29, 1.82) is 0 Å². The number of rotatable bonds is 4. The Labute approximate surface area is 122 Å². The Morgan fingerprint density at radius 1 is 1.50 bits per heavy atom. The van der Waals surface area contributed by atoms with Crippen molar-refractivity contribution in [3.63, 3.8) is 0 Å². The van der Waals surface area contributed by atoms with Crippen LogP contribution in [-0.2, 0) is 16.1 Å². The highest BCUT2D eigenvalue weighted by atomic mass is 35.5. The van der Waals surface area contributed by atoms with Crippen LogP contribution in [0.3, 0.4) is 0 Å². The van der Waals surface area contributed by atoms with Crippen molar-refractivity contribution >= 4 is 23.5 Å².